The highest BCUT2D eigenvalue weighted by Gasteiger charge is 2.12. The van der Waals surface area contributed by atoms with Gasteiger partial charge in [-0.05, 0) is 67.3 Å². The first-order valence-corrected chi connectivity index (χ1v) is 9.01. The average Bonchev–Trinajstić information content (AvgIpc) is 3.15. The Kier molecular flexibility index (Phi) is 5.59. The summed E-state index contributed by atoms with van der Waals surface area (Å²) in [5.41, 5.74) is 2.66. The van der Waals surface area contributed by atoms with Crippen molar-refractivity contribution in [1.82, 2.24) is 0 Å². The Morgan fingerprint density at radius 3 is 2.28 bits per heavy atom. The lowest BCUT2D eigenvalue weighted by Crippen LogP contribution is -2.17. The first-order chi connectivity index (χ1) is 12.1. The fraction of sp³-hybridized carbons (Fsp3) is 0.381. The van der Waals surface area contributed by atoms with Crippen LogP contribution in [-0.2, 0) is 0 Å². The fourth-order valence-electron chi connectivity index (χ4n) is 2.90. The summed E-state index contributed by atoms with van der Waals surface area (Å²) in [7, 11) is 0. The van der Waals surface area contributed by atoms with Crippen LogP contribution in [0.15, 0.2) is 48.5 Å². The Labute approximate surface area is 149 Å². The molecule has 1 heterocycles. The molecule has 0 atom stereocenters. The maximum absolute atomic E-state index is 12.4. The second-order valence-electron chi connectivity index (χ2n) is 6.92. The predicted octanol–water partition coefficient (Wildman–Crippen LogP) is 4.57. The van der Waals surface area contributed by atoms with E-state index < -0.39 is 0 Å². The minimum absolute atomic E-state index is 0.107. The summed E-state index contributed by atoms with van der Waals surface area (Å²) in [6, 6.07) is 15.3. The fourth-order valence-corrected chi connectivity index (χ4v) is 2.90. The summed E-state index contributed by atoms with van der Waals surface area (Å²) < 4.78 is 5.65. The second-order valence-corrected chi connectivity index (χ2v) is 6.92. The highest BCUT2D eigenvalue weighted by molar-refractivity contribution is 6.04. The van der Waals surface area contributed by atoms with Gasteiger partial charge in [0, 0.05) is 30.0 Å². The number of hydrogen-bond donors (Lipinski definition) is 1. The average molecular weight is 338 g/mol. The van der Waals surface area contributed by atoms with Crippen molar-refractivity contribution in [2.75, 3.05) is 29.9 Å². The van der Waals surface area contributed by atoms with E-state index in [4.69, 9.17) is 4.74 Å². The van der Waals surface area contributed by atoms with Crippen LogP contribution in [0.5, 0.6) is 5.75 Å². The van der Waals surface area contributed by atoms with Crippen molar-refractivity contribution in [1.29, 1.82) is 0 Å². The van der Waals surface area contributed by atoms with E-state index in [-0.39, 0.29) is 5.91 Å². The van der Waals surface area contributed by atoms with Crippen molar-refractivity contribution in [3.05, 3.63) is 54.1 Å². The van der Waals surface area contributed by atoms with Gasteiger partial charge in [0.1, 0.15) is 5.75 Å². The second kappa shape index (κ2) is 8.06. The van der Waals surface area contributed by atoms with E-state index in [9.17, 15) is 4.79 Å². The molecule has 4 heteroatoms. The van der Waals surface area contributed by atoms with Crippen LogP contribution in [0.25, 0.3) is 0 Å². The van der Waals surface area contributed by atoms with Crippen LogP contribution in [0.2, 0.25) is 0 Å². The zero-order valence-corrected chi connectivity index (χ0v) is 15.0. The van der Waals surface area contributed by atoms with Crippen LogP contribution >= 0.6 is 0 Å². The van der Waals surface area contributed by atoms with E-state index in [0.717, 1.165) is 24.5 Å². The molecule has 0 aliphatic carbocycles. The molecule has 1 aliphatic heterocycles. The molecule has 2 aromatic carbocycles. The zero-order valence-electron chi connectivity index (χ0n) is 15.0. The van der Waals surface area contributed by atoms with Gasteiger partial charge in [-0.1, -0.05) is 13.8 Å². The van der Waals surface area contributed by atoms with Gasteiger partial charge in [-0.2, -0.15) is 0 Å². The Balaban J connectivity index is 1.57. The van der Waals surface area contributed by atoms with Crippen LogP contribution in [-0.4, -0.2) is 25.6 Å². The maximum atomic E-state index is 12.4. The third-order valence-electron chi connectivity index (χ3n) is 4.30. The molecular formula is C21H26N2O2. The SMILES string of the molecule is CC(C)COc1ccc(C(=O)Nc2ccc(N3CCCC3)cc2)cc1. The smallest absolute Gasteiger partial charge is 0.255 e. The third-order valence-corrected chi connectivity index (χ3v) is 4.30. The number of anilines is 2. The van der Waals surface area contributed by atoms with Crippen molar-refractivity contribution >= 4 is 17.3 Å². The van der Waals surface area contributed by atoms with Crippen molar-refractivity contribution in [3.8, 4) is 5.75 Å². The van der Waals surface area contributed by atoms with Crippen LogP contribution in [0.3, 0.4) is 0 Å². The molecule has 1 saturated heterocycles. The topological polar surface area (TPSA) is 41.6 Å². The molecular weight excluding hydrogens is 312 g/mol. The lowest BCUT2D eigenvalue weighted by molar-refractivity contribution is 0.102. The quantitative estimate of drug-likeness (QED) is 0.838. The number of benzene rings is 2. The van der Waals surface area contributed by atoms with E-state index in [1.807, 2.05) is 24.3 Å². The van der Waals surface area contributed by atoms with Gasteiger partial charge in [0.05, 0.1) is 6.61 Å². The standard InChI is InChI=1S/C21H26N2O2/c1-16(2)15-25-20-11-5-17(6-12-20)21(24)22-18-7-9-19(10-8-18)23-13-3-4-14-23/h5-12,16H,3-4,13-15H2,1-2H3,(H,22,24). The number of hydrogen-bond acceptors (Lipinski definition) is 3. The molecule has 25 heavy (non-hydrogen) atoms. The van der Waals surface area contributed by atoms with Crippen LogP contribution in [0.4, 0.5) is 11.4 Å². The largest absolute Gasteiger partial charge is 0.493 e. The Bertz CT molecular complexity index is 687. The van der Waals surface area contributed by atoms with Gasteiger partial charge in [-0.15, -0.1) is 0 Å². The van der Waals surface area contributed by atoms with Crippen molar-refractivity contribution in [2.45, 2.75) is 26.7 Å². The molecule has 2 aromatic rings. The van der Waals surface area contributed by atoms with Crippen LogP contribution in [0.1, 0.15) is 37.0 Å². The van der Waals surface area contributed by atoms with Crippen molar-refractivity contribution in [2.24, 2.45) is 5.92 Å². The molecule has 0 bridgehead atoms. The summed E-state index contributed by atoms with van der Waals surface area (Å²) in [4.78, 5) is 14.7. The molecule has 0 spiro atoms. The number of carbonyl (C=O) groups excluding carboxylic acids is 1. The van der Waals surface area contributed by atoms with E-state index >= 15 is 0 Å². The molecule has 1 fully saturated rings. The number of ether oxygens (including phenoxy) is 1. The number of nitrogens with one attached hydrogen (secondary N) is 1. The first kappa shape index (κ1) is 17.3. The normalized spacial score (nSPS) is 14.0. The molecule has 4 nitrogen and oxygen atoms in total. The number of nitrogens with zero attached hydrogens (tertiary/aromatic N) is 1. The minimum atomic E-state index is -0.107. The number of carbonyl (C=O) groups is 1. The van der Waals surface area contributed by atoms with Gasteiger partial charge in [-0.3, -0.25) is 4.79 Å². The summed E-state index contributed by atoms with van der Waals surface area (Å²) in [6.07, 6.45) is 2.52. The molecule has 0 unspecified atom stereocenters. The Morgan fingerprint density at radius 2 is 1.68 bits per heavy atom. The summed E-state index contributed by atoms with van der Waals surface area (Å²) in [5.74, 6) is 1.16. The monoisotopic (exact) mass is 338 g/mol. The molecule has 0 radical (unpaired) electrons. The molecule has 0 saturated carbocycles. The van der Waals surface area contributed by atoms with Gasteiger partial charge in [0.2, 0.25) is 0 Å². The van der Waals surface area contributed by atoms with E-state index in [2.05, 4.69) is 36.2 Å². The lowest BCUT2D eigenvalue weighted by atomic mass is 10.2. The summed E-state index contributed by atoms with van der Waals surface area (Å²) in [6.45, 7) is 7.14. The predicted molar refractivity (Wildman–Crippen MR) is 103 cm³/mol. The zero-order chi connectivity index (χ0) is 17.6. The number of rotatable bonds is 6. The Hall–Kier alpha value is -2.49. The number of amides is 1. The highest BCUT2D eigenvalue weighted by Crippen LogP contribution is 2.22. The highest BCUT2D eigenvalue weighted by atomic mass is 16.5. The van der Waals surface area contributed by atoms with Gasteiger partial charge < -0.3 is 15.0 Å². The maximum Gasteiger partial charge on any atom is 0.255 e. The molecule has 132 valence electrons. The molecule has 1 amide bonds. The van der Waals surface area contributed by atoms with E-state index in [0.29, 0.717) is 18.1 Å². The summed E-state index contributed by atoms with van der Waals surface area (Å²) in [5, 5.41) is 2.95. The van der Waals surface area contributed by atoms with Crippen molar-refractivity contribution < 1.29 is 9.53 Å². The van der Waals surface area contributed by atoms with Gasteiger partial charge >= 0.3 is 0 Å². The molecule has 1 aliphatic rings. The lowest BCUT2D eigenvalue weighted by Gasteiger charge is -2.17. The minimum Gasteiger partial charge on any atom is -0.493 e. The first-order valence-electron chi connectivity index (χ1n) is 9.01. The third kappa shape index (κ3) is 4.75. The van der Waals surface area contributed by atoms with E-state index in [1.165, 1.54) is 18.5 Å². The molecule has 3 rings (SSSR count). The van der Waals surface area contributed by atoms with Gasteiger partial charge in [-0.25, -0.2) is 0 Å². The Morgan fingerprint density at radius 1 is 1.04 bits per heavy atom. The van der Waals surface area contributed by atoms with Crippen LogP contribution in [0, 0.1) is 5.92 Å². The molecule has 0 aromatic heterocycles. The summed E-state index contributed by atoms with van der Waals surface area (Å²) >= 11 is 0. The van der Waals surface area contributed by atoms with Crippen LogP contribution < -0.4 is 15.0 Å². The molecule has 1 N–H and O–H groups in total. The van der Waals surface area contributed by atoms with E-state index in [1.54, 1.807) is 12.1 Å². The van der Waals surface area contributed by atoms with Gasteiger partial charge in [0.25, 0.3) is 5.91 Å². The van der Waals surface area contributed by atoms with Crippen molar-refractivity contribution in [3.63, 3.8) is 0 Å². The van der Waals surface area contributed by atoms with Gasteiger partial charge in [0.15, 0.2) is 0 Å².